The predicted molar refractivity (Wildman–Crippen MR) is 170 cm³/mol. The van der Waals surface area contributed by atoms with Crippen LogP contribution in [0.4, 0.5) is 23.0 Å². The third-order valence-electron chi connectivity index (χ3n) is 7.67. The van der Waals surface area contributed by atoms with E-state index in [-0.39, 0.29) is 11.3 Å². The normalized spacial score (nSPS) is 15.1. The molecule has 2 aromatic carbocycles. The molecule has 0 saturated carbocycles. The first-order chi connectivity index (χ1) is 20.8. The van der Waals surface area contributed by atoms with Gasteiger partial charge >= 0.3 is 0 Å². The molecule has 2 fully saturated rings. The van der Waals surface area contributed by atoms with Gasteiger partial charge in [-0.15, -0.1) is 0 Å². The van der Waals surface area contributed by atoms with Gasteiger partial charge in [0.25, 0.3) is 0 Å². The minimum Gasteiger partial charge on any atom is -0.494 e. The third-order valence-corrected chi connectivity index (χ3v) is 7.93. The van der Waals surface area contributed by atoms with Crippen molar-refractivity contribution in [3.8, 4) is 22.7 Å². The van der Waals surface area contributed by atoms with E-state index in [0.29, 0.717) is 33.9 Å². The number of nitrogens with zero attached hydrogens (tertiary/aromatic N) is 5. The highest BCUT2D eigenvalue weighted by Crippen LogP contribution is 2.46. The number of benzene rings is 2. The van der Waals surface area contributed by atoms with Crippen LogP contribution in [-0.2, 0) is 16.1 Å². The van der Waals surface area contributed by atoms with Crippen molar-refractivity contribution in [1.82, 2.24) is 19.4 Å². The van der Waals surface area contributed by atoms with E-state index >= 15 is 0 Å². The topological polar surface area (TPSA) is 96.8 Å². The number of rotatable bonds is 10. The van der Waals surface area contributed by atoms with Crippen molar-refractivity contribution in [1.29, 1.82) is 0 Å². The van der Waals surface area contributed by atoms with Crippen molar-refractivity contribution in [3.05, 3.63) is 84.3 Å². The van der Waals surface area contributed by atoms with Crippen molar-refractivity contribution >= 4 is 40.5 Å². The van der Waals surface area contributed by atoms with Gasteiger partial charge < -0.3 is 34.5 Å². The largest absolute Gasteiger partial charge is 0.494 e. The molecule has 2 aliphatic rings. The Morgan fingerprint density at radius 2 is 1.95 bits per heavy atom. The Bertz CT molecular complexity index is 1660. The standard InChI is InChI=1S/C32H34ClN7O3/c1-5-29(41)35-25-11-26(28(42-4)12-27(25)40-17-32(18-40)19-43-20-32)36-31-34-13-24(33)30(37-31)39-15-22(14-38(2)3)23(16-39)21-9-7-6-8-10-21/h5-13,15-16H,1,14,17-20H2,2-4H3,(H,35,41)(H,34,36,37). The summed E-state index contributed by atoms with van der Waals surface area (Å²) in [5, 5.41) is 6.62. The minimum absolute atomic E-state index is 0.197. The lowest BCUT2D eigenvalue weighted by atomic mass is 9.77. The van der Waals surface area contributed by atoms with Gasteiger partial charge in [-0.3, -0.25) is 4.79 Å². The second-order valence-electron chi connectivity index (χ2n) is 11.3. The number of methoxy groups -OCH3 is 1. The maximum absolute atomic E-state index is 12.4. The van der Waals surface area contributed by atoms with Gasteiger partial charge in [-0.2, -0.15) is 4.98 Å². The molecule has 11 heteroatoms. The van der Waals surface area contributed by atoms with Gasteiger partial charge in [0.2, 0.25) is 11.9 Å². The Hall–Kier alpha value is -4.38. The SMILES string of the molecule is C=CC(=O)Nc1cc(Nc2ncc(Cl)c(-n3cc(CN(C)C)c(-c4ccccc4)c3)n2)c(OC)cc1N1CC2(COC2)C1. The number of carbonyl (C=O) groups is 1. The molecule has 43 heavy (non-hydrogen) atoms. The molecule has 4 aromatic rings. The van der Waals surface area contributed by atoms with Crippen LogP contribution in [0.25, 0.3) is 16.9 Å². The number of hydrogen-bond donors (Lipinski definition) is 2. The molecule has 0 aliphatic carbocycles. The lowest BCUT2D eigenvalue weighted by molar-refractivity contribution is -0.127. The number of aromatic nitrogens is 3. The first-order valence-corrected chi connectivity index (χ1v) is 14.3. The number of ether oxygens (including phenoxy) is 2. The monoisotopic (exact) mass is 599 g/mol. The molecule has 0 unspecified atom stereocenters. The van der Waals surface area contributed by atoms with Gasteiger partial charge in [-0.25, -0.2) is 4.98 Å². The minimum atomic E-state index is -0.306. The molecule has 6 rings (SSSR count). The lowest BCUT2D eigenvalue weighted by Gasteiger charge is -2.56. The molecule has 2 saturated heterocycles. The fraction of sp³-hybridized carbons (Fsp3) is 0.281. The Morgan fingerprint density at radius 1 is 1.19 bits per heavy atom. The molecular weight excluding hydrogens is 566 g/mol. The highest BCUT2D eigenvalue weighted by atomic mass is 35.5. The van der Waals surface area contributed by atoms with Gasteiger partial charge in [0.05, 0.1) is 49.0 Å². The fourth-order valence-electron chi connectivity index (χ4n) is 5.57. The third kappa shape index (κ3) is 5.81. The summed E-state index contributed by atoms with van der Waals surface area (Å²) < 4.78 is 13.1. The molecule has 2 N–H and O–H groups in total. The van der Waals surface area contributed by atoms with Crippen molar-refractivity contribution in [2.75, 3.05) is 63.0 Å². The first-order valence-electron chi connectivity index (χ1n) is 14.0. The highest BCUT2D eigenvalue weighted by Gasteiger charge is 2.49. The van der Waals surface area contributed by atoms with Crippen LogP contribution in [0.5, 0.6) is 5.75 Å². The summed E-state index contributed by atoms with van der Waals surface area (Å²) in [5.74, 6) is 1.13. The quantitative estimate of drug-likeness (QED) is 0.235. The van der Waals surface area contributed by atoms with E-state index in [0.717, 1.165) is 55.2 Å². The summed E-state index contributed by atoms with van der Waals surface area (Å²) >= 11 is 6.64. The van der Waals surface area contributed by atoms with E-state index in [1.807, 2.05) is 61.4 Å². The van der Waals surface area contributed by atoms with Gasteiger partial charge in [0, 0.05) is 43.7 Å². The molecule has 2 aromatic heterocycles. The highest BCUT2D eigenvalue weighted by molar-refractivity contribution is 6.32. The summed E-state index contributed by atoms with van der Waals surface area (Å²) in [6.07, 6.45) is 6.91. The zero-order valence-electron chi connectivity index (χ0n) is 24.4. The number of nitrogens with one attached hydrogen (secondary N) is 2. The van der Waals surface area contributed by atoms with Crippen LogP contribution < -0.4 is 20.3 Å². The Labute approximate surface area is 255 Å². The summed E-state index contributed by atoms with van der Waals surface area (Å²) in [7, 11) is 5.69. The average molecular weight is 600 g/mol. The molecular formula is C32H34ClN7O3. The molecule has 0 atom stereocenters. The van der Waals surface area contributed by atoms with Crippen molar-refractivity contribution in [2.45, 2.75) is 6.54 Å². The maximum atomic E-state index is 12.4. The van der Waals surface area contributed by atoms with Crippen molar-refractivity contribution in [2.24, 2.45) is 5.41 Å². The van der Waals surface area contributed by atoms with E-state index < -0.39 is 0 Å². The molecule has 1 amide bonds. The lowest BCUT2D eigenvalue weighted by Crippen LogP contribution is -2.66. The van der Waals surface area contributed by atoms with E-state index in [2.05, 4.69) is 44.1 Å². The van der Waals surface area contributed by atoms with E-state index in [4.69, 9.17) is 26.1 Å². The molecule has 10 nitrogen and oxygen atoms in total. The smallest absolute Gasteiger partial charge is 0.247 e. The first kappa shape index (κ1) is 28.7. The second kappa shape index (κ2) is 11.7. The summed E-state index contributed by atoms with van der Waals surface area (Å²) in [6, 6.07) is 14.0. The van der Waals surface area contributed by atoms with Crippen LogP contribution >= 0.6 is 11.6 Å². The molecule has 4 heterocycles. The van der Waals surface area contributed by atoms with Gasteiger partial charge in [-0.1, -0.05) is 48.5 Å². The molecule has 0 radical (unpaired) electrons. The predicted octanol–water partition coefficient (Wildman–Crippen LogP) is 5.36. The van der Waals surface area contributed by atoms with E-state index in [1.165, 1.54) is 6.08 Å². The zero-order chi connectivity index (χ0) is 30.1. The van der Waals surface area contributed by atoms with Crippen LogP contribution in [-0.4, -0.2) is 72.9 Å². The molecule has 0 bridgehead atoms. The summed E-state index contributed by atoms with van der Waals surface area (Å²) in [6.45, 7) is 7.57. The van der Waals surface area contributed by atoms with Crippen molar-refractivity contribution < 1.29 is 14.3 Å². The number of halogens is 1. The van der Waals surface area contributed by atoms with E-state index in [9.17, 15) is 4.79 Å². The van der Waals surface area contributed by atoms with Gasteiger partial charge in [0.15, 0.2) is 5.82 Å². The van der Waals surface area contributed by atoms with Crippen LogP contribution in [0.1, 0.15) is 5.56 Å². The van der Waals surface area contributed by atoms with Gasteiger partial charge in [-0.05, 0) is 37.4 Å². The number of anilines is 4. The van der Waals surface area contributed by atoms with Gasteiger partial charge in [0.1, 0.15) is 10.8 Å². The number of hydrogen-bond acceptors (Lipinski definition) is 8. The Kier molecular flexibility index (Phi) is 7.83. The van der Waals surface area contributed by atoms with Crippen LogP contribution in [0, 0.1) is 5.41 Å². The summed E-state index contributed by atoms with van der Waals surface area (Å²) in [4.78, 5) is 25.9. The Balaban J connectivity index is 1.34. The summed E-state index contributed by atoms with van der Waals surface area (Å²) in [5.41, 5.74) is 5.63. The average Bonchev–Trinajstić information content (AvgIpc) is 3.36. The van der Waals surface area contributed by atoms with Crippen molar-refractivity contribution in [3.63, 3.8) is 0 Å². The van der Waals surface area contributed by atoms with Crippen LogP contribution in [0.3, 0.4) is 0 Å². The maximum Gasteiger partial charge on any atom is 0.247 e. The second-order valence-corrected chi connectivity index (χ2v) is 11.7. The molecule has 222 valence electrons. The zero-order valence-corrected chi connectivity index (χ0v) is 25.2. The molecule has 1 spiro atoms. The van der Waals surface area contributed by atoms with E-state index in [1.54, 1.807) is 13.3 Å². The Morgan fingerprint density at radius 3 is 2.60 bits per heavy atom. The fourth-order valence-corrected chi connectivity index (χ4v) is 5.76. The van der Waals surface area contributed by atoms with Crippen LogP contribution in [0.2, 0.25) is 5.02 Å². The number of carbonyl (C=O) groups excluding carboxylic acids is 1. The number of amides is 1. The molecule has 2 aliphatic heterocycles. The van der Waals surface area contributed by atoms with Crippen LogP contribution in [0.15, 0.2) is 73.7 Å².